The number of carboxylic acids is 1. The number of aliphatic carboxylic acids is 1. The Hall–Kier alpha value is -1.32. The lowest BCUT2D eigenvalue weighted by Crippen LogP contribution is -2.21. The van der Waals surface area contributed by atoms with Crippen molar-refractivity contribution in [3.05, 3.63) is 12.2 Å². The second-order valence-electron chi connectivity index (χ2n) is 4.47. The molecule has 16 heavy (non-hydrogen) atoms. The molecule has 0 aromatic heterocycles. The predicted octanol–water partition coefficient (Wildman–Crippen LogP) is 1.75. The molecule has 4 heteroatoms. The molecule has 0 bridgehead atoms. The zero-order chi connectivity index (χ0) is 11.5. The summed E-state index contributed by atoms with van der Waals surface area (Å²) >= 11 is 0. The molecule has 1 aliphatic carbocycles. The first kappa shape index (κ1) is 11.2. The number of carbonyl (C=O) groups excluding carboxylic acids is 1. The van der Waals surface area contributed by atoms with Gasteiger partial charge in [0.1, 0.15) is 6.10 Å². The van der Waals surface area contributed by atoms with Crippen LogP contribution in [0.5, 0.6) is 0 Å². The summed E-state index contributed by atoms with van der Waals surface area (Å²) < 4.78 is 5.32. The summed E-state index contributed by atoms with van der Waals surface area (Å²) in [6.45, 7) is 0. The van der Waals surface area contributed by atoms with Crippen molar-refractivity contribution in [3.63, 3.8) is 0 Å². The maximum absolute atomic E-state index is 11.4. The number of allylic oxidation sites excluding steroid dienone is 1. The van der Waals surface area contributed by atoms with Crippen molar-refractivity contribution < 1.29 is 19.4 Å². The molecular formula is C12H16O4. The Balaban J connectivity index is 1.96. The van der Waals surface area contributed by atoms with Crippen LogP contribution in [0.4, 0.5) is 0 Å². The molecule has 1 N–H and O–H groups in total. The van der Waals surface area contributed by atoms with E-state index in [-0.39, 0.29) is 23.9 Å². The minimum absolute atomic E-state index is 0.0178. The third kappa shape index (κ3) is 2.62. The van der Waals surface area contributed by atoms with Gasteiger partial charge in [0, 0.05) is 18.8 Å². The average molecular weight is 224 g/mol. The van der Waals surface area contributed by atoms with Gasteiger partial charge in [-0.1, -0.05) is 12.2 Å². The minimum Gasteiger partial charge on any atom is -0.481 e. The van der Waals surface area contributed by atoms with Gasteiger partial charge in [0.15, 0.2) is 0 Å². The second kappa shape index (κ2) is 4.68. The highest BCUT2D eigenvalue weighted by Gasteiger charge is 2.49. The first-order valence-corrected chi connectivity index (χ1v) is 5.76. The van der Waals surface area contributed by atoms with Gasteiger partial charge in [-0.25, -0.2) is 0 Å². The normalized spacial score (nSPS) is 36.5. The number of carbonyl (C=O) groups is 2. The van der Waals surface area contributed by atoms with Crippen LogP contribution >= 0.6 is 0 Å². The Morgan fingerprint density at radius 1 is 1.44 bits per heavy atom. The van der Waals surface area contributed by atoms with Gasteiger partial charge in [-0.15, -0.1) is 0 Å². The first-order valence-electron chi connectivity index (χ1n) is 5.76. The molecule has 2 rings (SSSR count). The summed E-state index contributed by atoms with van der Waals surface area (Å²) in [5.74, 6) is -1.26. The quantitative estimate of drug-likeness (QED) is 0.573. The lowest BCUT2D eigenvalue weighted by Gasteiger charge is -2.15. The standard InChI is InChI=1S/C12H16O4/c13-11-6-4-2-1-3-5-10(16-11)8-7-9(8)12(14)15/h1,3,8-10H,2,4-7H2,(H,14,15)/b3-1-/t8-,9-,10+/m1/s1. The summed E-state index contributed by atoms with van der Waals surface area (Å²) in [5.41, 5.74) is 0. The zero-order valence-corrected chi connectivity index (χ0v) is 9.09. The number of cyclic esters (lactones) is 1. The second-order valence-corrected chi connectivity index (χ2v) is 4.47. The Morgan fingerprint density at radius 2 is 2.25 bits per heavy atom. The highest BCUT2D eigenvalue weighted by atomic mass is 16.5. The van der Waals surface area contributed by atoms with Gasteiger partial charge in [-0.05, 0) is 19.3 Å². The molecular weight excluding hydrogens is 208 g/mol. The maximum Gasteiger partial charge on any atom is 0.306 e. The molecule has 0 aromatic carbocycles. The Labute approximate surface area is 94.3 Å². The molecule has 0 unspecified atom stereocenters. The fourth-order valence-electron chi connectivity index (χ4n) is 2.16. The molecule has 2 aliphatic rings. The summed E-state index contributed by atoms with van der Waals surface area (Å²) in [6, 6.07) is 0. The van der Waals surface area contributed by atoms with Gasteiger partial charge in [-0.3, -0.25) is 9.59 Å². The molecule has 0 aromatic rings. The molecule has 1 fully saturated rings. The van der Waals surface area contributed by atoms with Crippen LogP contribution in [0.3, 0.4) is 0 Å². The van der Waals surface area contributed by atoms with Gasteiger partial charge in [0.25, 0.3) is 0 Å². The van der Waals surface area contributed by atoms with E-state index >= 15 is 0 Å². The van der Waals surface area contributed by atoms with E-state index in [0.29, 0.717) is 19.3 Å². The Morgan fingerprint density at radius 3 is 2.94 bits per heavy atom. The number of hydrogen-bond acceptors (Lipinski definition) is 3. The Kier molecular flexibility index (Phi) is 3.27. The van der Waals surface area contributed by atoms with Gasteiger partial charge in [0.05, 0.1) is 5.92 Å². The van der Waals surface area contributed by atoms with E-state index in [4.69, 9.17) is 9.84 Å². The third-order valence-electron chi connectivity index (χ3n) is 3.20. The summed E-state index contributed by atoms with van der Waals surface area (Å²) in [5, 5.41) is 8.84. The third-order valence-corrected chi connectivity index (χ3v) is 3.20. The summed E-state index contributed by atoms with van der Waals surface area (Å²) in [6.07, 6.45) is 7.26. The maximum atomic E-state index is 11.4. The van der Waals surface area contributed by atoms with E-state index in [1.54, 1.807) is 0 Å². The summed E-state index contributed by atoms with van der Waals surface area (Å²) in [4.78, 5) is 22.2. The van der Waals surface area contributed by atoms with E-state index < -0.39 is 5.97 Å². The molecule has 1 saturated carbocycles. The fraction of sp³-hybridized carbons (Fsp3) is 0.667. The van der Waals surface area contributed by atoms with Crippen LogP contribution < -0.4 is 0 Å². The number of hydrogen-bond donors (Lipinski definition) is 1. The lowest BCUT2D eigenvalue weighted by atomic mass is 10.1. The van der Waals surface area contributed by atoms with Gasteiger partial charge >= 0.3 is 11.9 Å². The van der Waals surface area contributed by atoms with Gasteiger partial charge in [-0.2, -0.15) is 0 Å². The highest BCUT2D eigenvalue weighted by Crippen LogP contribution is 2.44. The van der Waals surface area contributed by atoms with Crippen LogP contribution in [0, 0.1) is 11.8 Å². The average Bonchev–Trinajstić information content (AvgIpc) is 2.99. The van der Waals surface area contributed by atoms with E-state index in [1.807, 2.05) is 12.2 Å². The van der Waals surface area contributed by atoms with Crippen molar-refractivity contribution in [2.24, 2.45) is 11.8 Å². The molecule has 1 heterocycles. The molecule has 1 aliphatic heterocycles. The van der Waals surface area contributed by atoms with Crippen LogP contribution in [-0.4, -0.2) is 23.1 Å². The first-order chi connectivity index (χ1) is 7.68. The van der Waals surface area contributed by atoms with E-state index in [1.165, 1.54) is 0 Å². The number of carboxylic acid groups (broad SMARTS) is 1. The minimum atomic E-state index is -0.773. The lowest BCUT2D eigenvalue weighted by molar-refractivity contribution is -0.151. The largest absolute Gasteiger partial charge is 0.481 e. The molecule has 88 valence electrons. The molecule has 0 spiro atoms. The topological polar surface area (TPSA) is 63.6 Å². The Bertz CT molecular complexity index is 321. The van der Waals surface area contributed by atoms with Crippen molar-refractivity contribution in [2.75, 3.05) is 0 Å². The van der Waals surface area contributed by atoms with Crippen molar-refractivity contribution in [2.45, 2.75) is 38.2 Å². The molecule has 0 saturated heterocycles. The van der Waals surface area contributed by atoms with Crippen molar-refractivity contribution in [1.29, 1.82) is 0 Å². The predicted molar refractivity (Wildman–Crippen MR) is 56.7 cm³/mol. The van der Waals surface area contributed by atoms with Gasteiger partial charge in [0.2, 0.25) is 0 Å². The van der Waals surface area contributed by atoms with Crippen LogP contribution in [0.25, 0.3) is 0 Å². The number of ether oxygens (including phenoxy) is 1. The van der Waals surface area contributed by atoms with E-state index in [0.717, 1.165) is 12.8 Å². The van der Waals surface area contributed by atoms with Crippen LogP contribution in [-0.2, 0) is 14.3 Å². The highest BCUT2D eigenvalue weighted by molar-refractivity contribution is 5.74. The smallest absolute Gasteiger partial charge is 0.306 e. The molecule has 4 nitrogen and oxygen atoms in total. The fourth-order valence-corrected chi connectivity index (χ4v) is 2.16. The van der Waals surface area contributed by atoms with Crippen molar-refractivity contribution in [1.82, 2.24) is 0 Å². The van der Waals surface area contributed by atoms with E-state index in [2.05, 4.69) is 0 Å². The number of rotatable bonds is 2. The van der Waals surface area contributed by atoms with E-state index in [9.17, 15) is 9.59 Å². The molecule has 0 radical (unpaired) electrons. The zero-order valence-electron chi connectivity index (χ0n) is 9.09. The van der Waals surface area contributed by atoms with Crippen molar-refractivity contribution in [3.8, 4) is 0 Å². The molecule has 3 atom stereocenters. The monoisotopic (exact) mass is 224 g/mol. The number of esters is 1. The van der Waals surface area contributed by atoms with Crippen LogP contribution in [0.1, 0.15) is 32.1 Å². The van der Waals surface area contributed by atoms with Crippen LogP contribution in [0.2, 0.25) is 0 Å². The van der Waals surface area contributed by atoms with Crippen molar-refractivity contribution >= 4 is 11.9 Å². The summed E-state index contributed by atoms with van der Waals surface area (Å²) in [7, 11) is 0. The van der Waals surface area contributed by atoms with Gasteiger partial charge < -0.3 is 9.84 Å². The molecule has 0 amide bonds. The SMILES string of the molecule is O=C1CCC/C=C\C[C@@H]([C@@H]2C[C@H]2C(=O)O)O1. The van der Waals surface area contributed by atoms with Crippen LogP contribution in [0.15, 0.2) is 12.2 Å².